The molecule has 2 aliphatic carbocycles. The molecule has 6 rings (SSSR count). The molecular formula is C30H25Cl2NZr. The van der Waals surface area contributed by atoms with Gasteiger partial charge in [-0.05, 0) is 0 Å². The topological polar surface area (TPSA) is 4.93 Å². The van der Waals surface area contributed by atoms with Gasteiger partial charge in [0.25, 0.3) is 0 Å². The number of para-hydroxylation sites is 1. The summed E-state index contributed by atoms with van der Waals surface area (Å²) in [5.41, 5.74) is 10.1. The van der Waals surface area contributed by atoms with Gasteiger partial charge < -0.3 is 24.8 Å². The molecule has 0 saturated carbocycles. The summed E-state index contributed by atoms with van der Waals surface area (Å²) in [6, 6.07) is 31.1. The molecule has 34 heavy (non-hydrogen) atoms. The molecule has 1 atom stereocenters. The van der Waals surface area contributed by atoms with E-state index in [0.717, 1.165) is 12.8 Å². The number of aryl methyl sites for hydroxylation is 1. The van der Waals surface area contributed by atoms with Crippen LogP contribution in [0.5, 0.6) is 0 Å². The minimum absolute atomic E-state index is 0. The Kier molecular flexibility index (Phi) is 7.83. The van der Waals surface area contributed by atoms with Crippen molar-refractivity contribution in [2.24, 2.45) is 0 Å². The van der Waals surface area contributed by atoms with Gasteiger partial charge in [-0.1, -0.05) is 0 Å². The second kappa shape index (κ2) is 10.7. The van der Waals surface area contributed by atoms with Crippen LogP contribution >= 0.6 is 0 Å². The second-order valence-electron chi connectivity index (χ2n) is 8.73. The molecule has 4 heteroatoms. The normalized spacial score (nSPS) is 16.0. The van der Waals surface area contributed by atoms with Crippen LogP contribution in [0.25, 0.3) is 22.7 Å². The average Bonchev–Trinajstić information content (AvgIpc) is 3.50. The van der Waals surface area contributed by atoms with Crippen molar-refractivity contribution in [3.63, 3.8) is 0 Å². The first-order chi connectivity index (χ1) is 15.8. The van der Waals surface area contributed by atoms with Crippen molar-refractivity contribution >= 4 is 22.7 Å². The Hall–Kier alpha value is -2.12. The van der Waals surface area contributed by atoms with Crippen LogP contribution in [0.3, 0.4) is 0 Å². The fraction of sp³-hybridized carbons (Fsp3) is 0.133. The zero-order chi connectivity index (χ0) is 21.5. The van der Waals surface area contributed by atoms with Crippen molar-refractivity contribution in [1.82, 2.24) is 4.57 Å². The van der Waals surface area contributed by atoms with Crippen molar-refractivity contribution in [3.8, 4) is 0 Å². The Morgan fingerprint density at radius 2 is 1.62 bits per heavy atom. The third-order valence-corrected chi connectivity index (χ3v) is 11.0. The second-order valence-corrected chi connectivity index (χ2v) is 12.3. The molecule has 2 aliphatic rings. The molecule has 0 spiro atoms. The van der Waals surface area contributed by atoms with Crippen molar-refractivity contribution in [1.29, 1.82) is 0 Å². The molecular weight excluding hydrogens is 536 g/mol. The Balaban J connectivity index is 0.00000137. The molecule has 1 heterocycles. The maximum absolute atomic E-state index is 2.53. The van der Waals surface area contributed by atoms with E-state index in [2.05, 4.69) is 115 Å². The van der Waals surface area contributed by atoms with Crippen LogP contribution in [0.4, 0.5) is 0 Å². The zero-order valence-corrected chi connectivity index (χ0v) is 23.0. The Labute approximate surface area is 225 Å². The summed E-state index contributed by atoms with van der Waals surface area (Å²) in [7, 11) is 0. The minimum atomic E-state index is -0.891. The van der Waals surface area contributed by atoms with Gasteiger partial charge in [0.2, 0.25) is 0 Å². The third kappa shape index (κ3) is 4.57. The van der Waals surface area contributed by atoms with Crippen molar-refractivity contribution in [2.75, 3.05) is 0 Å². The van der Waals surface area contributed by atoms with E-state index in [1.54, 1.807) is 8.85 Å². The zero-order valence-electron chi connectivity index (χ0n) is 19.0. The standard InChI is InChI=1S/C18H14N.C12H11.2ClH.Zr/c1-13-10-16-8-4-5-9-18(16)19(13)17-11-14-6-2-3-7-15(14)12-17;1-2-6-11(7-3-1)10-12-8-4-5-9-12;;;/h2-12H,1H3;1-4,6-8H,5,10H2;2*1H;/q;;;;+2/p-2. The first-order valence-electron chi connectivity index (χ1n) is 11.3. The molecule has 0 radical (unpaired) electrons. The van der Waals surface area contributed by atoms with Gasteiger partial charge in [0, 0.05) is 0 Å². The van der Waals surface area contributed by atoms with Gasteiger partial charge in [0.15, 0.2) is 0 Å². The van der Waals surface area contributed by atoms with Gasteiger partial charge in [0.05, 0.1) is 0 Å². The van der Waals surface area contributed by atoms with Gasteiger partial charge in [-0.2, -0.15) is 0 Å². The van der Waals surface area contributed by atoms with E-state index < -0.39 is 23.2 Å². The number of allylic oxidation sites excluding steroid dienone is 5. The van der Waals surface area contributed by atoms with Gasteiger partial charge in [-0.25, -0.2) is 0 Å². The predicted octanol–water partition coefficient (Wildman–Crippen LogP) is 1.55. The number of halogens is 2. The van der Waals surface area contributed by atoms with Crippen LogP contribution in [-0.2, 0) is 29.7 Å². The number of hydrogen-bond acceptors (Lipinski definition) is 0. The summed E-state index contributed by atoms with van der Waals surface area (Å²) in [4.78, 5) is 0. The summed E-state index contributed by atoms with van der Waals surface area (Å²) < 4.78 is 4.82. The van der Waals surface area contributed by atoms with E-state index >= 15 is 0 Å². The quantitative estimate of drug-likeness (QED) is 0.349. The van der Waals surface area contributed by atoms with Gasteiger partial charge in [-0.15, -0.1) is 0 Å². The molecule has 168 valence electrons. The summed E-state index contributed by atoms with van der Waals surface area (Å²) >= 11 is -0.891. The summed E-state index contributed by atoms with van der Waals surface area (Å²) in [5, 5.41) is 1.33. The van der Waals surface area contributed by atoms with Gasteiger partial charge in [-0.3, -0.25) is 0 Å². The molecule has 0 saturated heterocycles. The number of rotatable bonds is 5. The van der Waals surface area contributed by atoms with E-state index in [-0.39, 0.29) is 24.8 Å². The number of aromatic nitrogens is 1. The van der Waals surface area contributed by atoms with E-state index in [1.807, 2.05) is 0 Å². The Bertz CT molecular complexity index is 1410. The van der Waals surface area contributed by atoms with Crippen LogP contribution in [0.15, 0.2) is 106 Å². The molecule has 0 fully saturated rings. The molecule has 0 aliphatic heterocycles. The first kappa shape index (κ1) is 25.0. The van der Waals surface area contributed by atoms with Crippen LogP contribution in [-0.4, -0.2) is 4.57 Å². The number of fused-ring (bicyclic) bond motifs is 2. The van der Waals surface area contributed by atoms with Gasteiger partial charge >= 0.3 is 202 Å². The molecule has 4 aromatic rings. The molecule has 1 nitrogen and oxygen atoms in total. The van der Waals surface area contributed by atoms with Crippen LogP contribution in [0.1, 0.15) is 32.4 Å². The predicted molar refractivity (Wildman–Crippen MR) is 131 cm³/mol. The van der Waals surface area contributed by atoms with Crippen LogP contribution in [0.2, 0.25) is 0 Å². The summed E-state index contributed by atoms with van der Waals surface area (Å²) in [6.07, 6.45) is 9.44. The van der Waals surface area contributed by atoms with E-state index in [9.17, 15) is 0 Å². The Morgan fingerprint density at radius 3 is 2.47 bits per heavy atom. The van der Waals surface area contributed by atoms with Gasteiger partial charge in [0.1, 0.15) is 0 Å². The van der Waals surface area contributed by atoms with Crippen molar-refractivity contribution < 1.29 is 48.0 Å². The number of hydrogen-bond donors (Lipinski definition) is 0. The molecule has 0 N–H and O–H groups in total. The van der Waals surface area contributed by atoms with Crippen molar-refractivity contribution in [3.05, 3.63) is 128 Å². The molecule has 3 aromatic carbocycles. The van der Waals surface area contributed by atoms with E-state index in [0.29, 0.717) is 3.63 Å². The largest absolute Gasteiger partial charge is 1.00 e. The molecule has 1 aromatic heterocycles. The van der Waals surface area contributed by atoms with Crippen molar-refractivity contribution in [2.45, 2.75) is 23.4 Å². The maximum Gasteiger partial charge on any atom is -1.00 e. The molecule has 0 bridgehead atoms. The number of nitrogens with zero attached hydrogens (tertiary/aromatic N) is 1. The van der Waals surface area contributed by atoms with Crippen LogP contribution < -0.4 is 24.8 Å². The van der Waals surface area contributed by atoms with E-state index in [1.165, 1.54) is 39.0 Å². The smallest absolute Gasteiger partial charge is 1.00 e. The maximum atomic E-state index is 2.53. The first-order valence-corrected chi connectivity index (χ1v) is 14.0. The Morgan fingerprint density at radius 1 is 0.882 bits per heavy atom. The third-order valence-electron chi connectivity index (χ3n) is 6.64. The summed E-state index contributed by atoms with van der Waals surface area (Å²) in [5.74, 6) is 0. The average molecular weight is 562 g/mol. The monoisotopic (exact) mass is 559 g/mol. The van der Waals surface area contributed by atoms with Crippen LogP contribution in [0, 0.1) is 6.92 Å². The fourth-order valence-corrected chi connectivity index (χ4v) is 9.37. The molecule has 1 unspecified atom stereocenters. The molecule has 0 amide bonds. The SMILES string of the molecule is Cc1cc2ccccc2n1C1=Cc2ccccc2[CH]1[Zr+2][C]1=C(Cc2ccccc2)C=CC1.[Cl-].[Cl-]. The fourth-order valence-electron chi connectivity index (χ4n) is 5.15. The minimum Gasteiger partial charge on any atom is -1.00 e. The summed E-state index contributed by atoms with van der Waals surface area (Å²) in [6.45, 7) is 2.25. The van der Waals surface area contributed by atoms with E-state index in [4.69, 9.17) is 0 Å². The number of benzene rings is 3.